The fourth-order valence-corrected chi connectivity index (χ4v) is 1.91. The van der Waals surface area contributed by atoms with Gasteiger partial charge in [-0.25, -0.2) is 4.98 Å². The van der Waals surface area contributed by atoms with E-state index in [4.69, 9.17) is 5.73 Å². The van der Waals surface area contributed by atoms with Crippen molar-refractivity contribution in [3.63, 3.8) is 0 Å². The van der Waals surface area contributed by atoms with Crippen LogP contribution < -0.4 is 11.1 Å². The molecule has 2 unspecified atom stereocenters. The number of nitrogens with one attached hydrogen (secondary N) is 1. The molecule has 0 fully saturated rings. The van der Waals surface area contributed by atoms with Crippen LogP contribution in [-0.2, 0) is 0 Å². The maximum absolute atomic E-state index is 5.65. The number of aromatic nitrogens is 1. The monoisotopic (exact) mass is 213 g/mol. The second-order valence-electron chi connectivity index (χ2n) is 3.74. The quantitative estimate of drug-likeness (QED) is 0.705. The van der Waals surface area contributed by atoms with Gasteiger partial charge in [0.1, 0.15) is 0 Å². The summed E-state index contributed by atoms with van der Waals surface area (Å²) in [6.45, 7) is 6.21. The Kier molecular flexibility index (Phi) is 5.07. The maximum atomic E-state index is 5.65. The Morgan fingerprint density at radius 2 is 2.36 bits per heavy atom. The van der Waals surface area contributed by atoms with E-state index in [0.717, 1.165) is 19.5 Å². The van der Waals surface area contributed by atoms with Crippen LogP contribution in [0, 0.1) is 0 Å². The van der Waals surface area contributed by atoms with E-state index in [2.05, 4.69) is 17.2 Å². The molecule has 0 bridgehead atoms. The number of rotatable bonds is 6. The molecule has 0 amide bonds. The van der Waals surface area contributed by atoms with Gasteiger partial charge in [0, 0.05) is 30.1 Å². The first-order chi connectivity index (χ1) is 6.70. The highest BCUT2D eigenvalue weighted by atomic mass is 32.1. The van der Waals surface area contributed by atoms with E-state index in [1.165, 1.54) is 5.01 Å². The van der Waals surface area contributed by atoms with Crippen LogP contribution in [0.3, 0.4) is 0 Å². The summed E-state index contributed by atoms with van der Waals surface area (Å²) in [5.74, 6) is 0.503. The van der Waals surface area contributed by atoms with Gasteiger partial charge in [0.2, 0.25) is 0 Å². The van der Waals surface area contributed by atoms with Crippen LogP contribution in [0.5, 0.6) is 0 Å². The number of nitrogens with zero attached hydrogens (tertiary/aromatic N) is 1. The molecule has 0 saturated heterocycles. The topological polar surface area (TPSA) is 50.9 Å². The molecule has 1 aromatic rings. The summed E-state index contributed by atoms with van der Waals surface area (Å²) in [6, 6.07) is 0.290. The SMILES string of the molecule is CC(N)CCNCC(C)c1nccs1. The second kappa shape index (κ2) is 6.11. The van der Waals surface area contributed by atoms with Gasteiger partial charge in [-0.3, -0.25) is 0 Å². The van der Waals surface area contributed by atoms with Gasteiger partial charge in [-0.1, -0.05) is 6.92 Å². The molecule has 3 nitrogen and oxygen atoms in total. The molecule has 1 heterocycles. The minimum absolute atomic E-state index is 0.290. The summed E-state index contributed by atoms with van der Waals surface area (Å²) < 4.78 is 0. The Morgan fingerprint density at radius 1 is 1.57 bits per heavy atom. The van der Waals surface area contributed by atoms with Gasteiger partial charge in [-0.2, -0.15) is 0 Å². The maximum Gasteiger partial charge on any atom is 0.0965 e. The number of nitrogens with two attached hydrogens (primary N) is 1. The Bertz CT molecular complexity index is 234. The minimum atomic E-state index is 0.290. The zero-order valence-corrected chi connectivity index (χ0v) is 9.68. The fourth-order valence-electron chi connectivity index (χ4n) is 1.21. The van der Waals surface area contributed by atoms with E-state index >= 15 is 0 Å². The van der Waals surface area contributed by atoms with Crippen LogP contribution in [-0.4, -0.2) is 24.1 Å². The van der Waals surface area contributed by atoms with Crippen molar-refractivity contribution in [3.8, 4) is 0 Å². The van der Waals surface area contributed by atoms with E-state index < -0.39 is 0 Å². The molecule has 0 aliphatic rings. The largest absolute Gasteiger partial charge is 0.328 e. The zero-order valence-electron chi connectivity index (χ0n) is 8.86. The van der Waals surface area contributed by atoms with Crippen molar-refractivity contribution in [1.29, 1.82) is 0 Å². The van der Waals surface area contributed by atoms with E-state index in [1.807, 2.05) is 18.5 Å². The van der Waals surface area contributed by atoms with Crippen LogP contribution in [0.25, 0.3) is 0 Å². The molecular weight excluding hydrogens is 194 g/mol. The Hall–Kier alpha value is -0.450. The van der Waals surface area contributed by atoms with Crippen molar-refractivity contribution in [2.75, 3.05) is 13.1 Å². The first kappa shape index (κ1) is 11.6. The van der Waals surface area contributed by atoms with Crippen LogP contribution in [0.1, 0.15) is 31.2 Å². The fraction of sp³-hybridized carbons (Fsp3) is 0.700. The average molecular weight is 213 g/mol. The highest BCUT2D eigenvalue weighted by Crippen LogP contribution is 2.16. The highest BCUT2D eigenvalue weighted by molar-refractivity contribution is 7.09. The lowest BCUT2D eigenvalue weighted by atomic mass is 10.2. The summed E-state index contributed by atoms with van der Waals surface area (Å²) in [5, 5.41) is 6.62. The smallest absolute Gasteiger partial charge is 0.0965 e. The van der Waals surface area contributed by atoms with Gasteiger partial charge in [0.05, 0.1) is 5.01 Å². The summed E-state index contributed by atoms with van der Waals surface area (Å²) in [5.41, 5.74) is 5.65. The minimum Gasteiger partial charge on any atom is -0.328 e. The first-order valence-corrected chi connectivity index (χ1v) is 5.93. The molecule has 1 rings (SSSR count). The van der Waals surface area contributed by atoms with Crippen LogP contribution in [0.2, 0.25) is 0 Å². The van der Waals surface area contributed by atoms with Crippen LogP contribution >= 0.6 is 11.3 Å². The normalized spacial score (nSPS) is 15.4. The van der Waals surface area contributed by atoms with Gasteiger partial charge in [-0.05, 0) is 19.9 Å². The van der Waals surface area contributed by atoms with Gasteiger partial charge in [0.15, 0.2) is 0 Å². The number of thiazole rings is 1. The summed E-state index contributed by atoms with van der Waals surface area (Å²) in [6.07, 6.45) is 2.89. The zero-order chi connectivity index (χ0) is 10.4. The summed E-state index contributed by atoms with van der Waals surface area (Å²) >= 11 is 1.72. The lowest BCUT2D eigenvalue weighted by Crippen LogP contribution is -2.26. The van der Waals surface area contributed by atoms with E-state index in [9.17, 15) is 0 Å². The first-order valence-electron chi connectivity index (χ1n) is 5.06. The lowest BCUT2D eigenvalue weighted by Gasteiger charge is -2.10. The van der Waals surface area contributed by atoms with Gasteiger partial charge < -0.3 is 11.1 Å². The lowest BCUT2D eigenvalue weighted by molar-refractivity contribution is 0.560. The molecule has 80 valence electrons. The molecule has 3 N–H and O–H groups in total. The predicted molar refractivity (Wildman–Crippen MR) is 61.7 cm³/mol. The second-order valence-corrected chi connectivity index (χ2v) is 4.67. The Morgan fingerprint density at radius 3 is 2.93 bits per heavy atom. The van der Waals surface area contributed by atoms with Gasteiger partial charge >= 0.3 is 0 Å². The highest BCUT2D eigenvalue weighted by Gasteiger charge is 2.06. The van der Waals surface area contributed by atoms with E-state index in [0.29, 0.717) is 5.92 Å². The molecule has 0 aliphatic carbocycles. The molecule has 1 aromatic heterocycles. The third kappa shape index (κ3) is 4.17. The standard InChI is InChI=1S/C10H19N3S/c1-8(10-13-5-6-14-10)7-12-4-3-9(2)11/h5-6,8-9,12H,3-4,7,11H2,1-2H3. The third-order valence-corrected chi connectivity index (χ3v) is 3.11. The molecule has 0 aromatic carbocycles. The predicted octanol–water partition coefficient (Wildman–Crippen LogP) is 1.57. The molecule has 4 heteroatoms. The third-order valence-electron chi connectivity index (χ3n) is 2.10. The van der Waals surface area contributed by atoms with Crippen molar-refractivity contribution in [3.05, 3.63) is 16.6 Å². The van der Waals surface area contributed by atoms with Crippen LogP contribution in [0.15, 0.2) is 11.6 Å². The molecule has 0 radical (unpaired) electrons. The van der Waals surface area contributed by atoms with Gasteiger partial charge in [-0.15, -0.1) is 11.3 Å². The summed E-state index contributed by atoms with van der Waals surface area (Å²) in [4.78, 5) is 4.28. The number of hydrogen-bond donors (Lipinski definition) is 2. The molecule has 0 aliphatic heterocycles. The molecule has 2 atom stereocenters. The Labute approximate surface area is 89.7 Å². The number of hydrogen-bond acceptors (Lipinski definition) is 4. The van der Waals surface area contributed by atoms with Crippen molar-refractivity contribution < 1.29 is 0 Å². The summed E-state index contributed by atoms with van der Waals surface area (Å²) in [7, 11) is 0. The van der Waals surface area contributed by atoms with E-state index in [1.54, 1.807) is 11.3 Å². The van der Waals surface area contributed by atoms with Crippen molar-refractivity contribution in [2.24, 2.45) is 5.73 Å². The van der Waals surface area contributed by atoms with Crippen LogP contribution in [0.4, 0.5) is 0 Å². The molecule has 0 spiro atoms. The molecule has 0 saturated carbocycles. The van der Waals surface area contributed by atoms with Crippen molar-refractivity contribution >= 4 is 11.3 Å². The van der Waals surface area contributed by atoms with Crippen molar-refractivity contribution in [1.82, 2.24) is 10.3 Å². The Balaban J connectivity index is 2.13. The van der Waals surface area contributed by atoms with Crippen molar-refractivity contribution in [2.45, 2.75) is 32.2 Å². The van der Waals surface area contributed by atoms with E-state index in [-0.39, 0.29) is 6.04 Å². The average Bonchev–Trinajstić information content (AvgIpc) is 2.64. The molecular formula is C10H19N3S. The van der Waals surface area contributed by atoms with Gasteiger partial charge in [0.25, 0.3) is 0 Å². The molecule has 14 heavy (non-hydrogen) atoms.